The van der Waals surface area contributed by atoms with E-state index in [1.54, 1.807) is 6.07 Å². The van der Waals surface area contributed by atoms with Crippen molar-refractivity contribution in [3.63, 3.8) is 0 Å². The summed E-state index contributed by atoms with van der Waals surface area (Å²) < 4.78 is 0. The van der Waals surface area contributed by atoms with Crippen molar-refractivity contribution >= 4 is 23.1 Å². The molecule has 0 unspecified atom stereocenters. The van der Waals surface area contributed by atoms with Crippen molar-refractivity contribution in [1.29, 1.82) is 0 Å². The molecule has 0 saturated heterocycles. The molecule has 3 N–H and O–H groups in total. The van der Waals surface area contributed by atoms with Gasteiger partial charge in [0.15, 0.2) is 5.84 Å². The van der Waals surface area contributed by atoms with Crippen molar-refractivity contribution in [2.45, 2.75) is 25.8 Å². The first kappa shape index (κ1) is 12.0. The lowest BCUT2D eigenvalue weighted by molar-refractivity contribution is 0.318. The summed E-state index contributed by atoms with van der Waals surface area (Å²) >= 11 is 5.95. The first-order valence-electron chi connectivity index (χ1n) is 5.71. The van der Waals surface area contributed by atoms with E-state index >= 15 is 0 Å². The number of nitrogens with two attached hydrogens (primary N) is 1. The van der Waals surface area contributed by atoms with Crippen LogP contribution in [0.2, 0.25) is 5.02 Å². The third kappa shape index (κ3) is 2.47. The molecule has 2 rings (SSSR count). The topological polar surface area (TPSA) is 61.8 Å². The maximum Gasteiger partial charge on any atom is 0.172 e. The Morgan fingerprint density at radius 1 is 1.59 bits per heavy atom. The second-order valence-electron chi connectivity index (χ2n) is 4.16. The van der Waals surface area contributed by atoms with Gasteiger partial charge >= 0.3 is 0 Å². The van der Waals surface area contributed by atoms with E-state index in [4.69, 9.17) is 22.5 Å². The molecule has 1 aromatic carbocycles. The number of halogens is 1. The van der Waals surface area contributed by atoms with Crippen molar-refractivity contribution in [2.24, 2.45) is 10.9 Å². The van der Waals surface area contributed by atoms with Gasteiger partial charge in [0, 0.05) is 28.9 Å². The quantitative estimate of drug-likeness (QED) is 0.375. The predicted octanol–water partition coefficient (Wildman–Crippen LogP) is 2.42. The van der Waals surface area contributed by atoms with Gasteiger partial charge in [0.2, 0.25) is 0 Å². The number of anilines is 1. The summed E-state index contributed by atoms with van der Waals surface area (Å²) in [6.07, 6.45) is 2.40. The zero-order valence-electron chi connectivity index (χ0n) is 9.73. The normalized spacial score (nSPS) is 16.0. The third-order valence-corrected chi connectivity index (χ3v) is 3.22. The minimum Gasteiger partial charge on any atom is -0.409 e. The van der Waals surface area contributed by atoms with Gasteiger partial charge in [-0.25, -0.2) is 0 Å². The molecule has 0 bridgehead atoms. The van der Waals surface area contributed by atoms with Crippen LogP contribution in [0.1, 0.15) is 25.3 Å². The van der Waals surface area contributed by atoms with Crippen LogP contribution in [-0.2, 0) is 0 Å². The van der Waals surface area contributed by atoms with Crippen LogP contribution < -0.4 is 10.6 Å². The zero-order chi connectivity index (χ0) is 12.4. The summed E-state index contributed by atoms with van der Waals surface area (Å²) in [6, 6.07) is 6.07. The molecule has 4 nitrogen and oxygen atoms in total. The average molecular weight is 254 g/mol. The van der Waals surface area contributed by atoms with Gasteiger partial charge in [-0.05, 0) is 38.0 Å². The van der Waals surface area contributed by atoms with E-state index in [1.807, 2.05) is 12.1 Å². The fraction of sp³-hybridized carbons (Fsp3) is 0.417. The van der Waals surface area contributed by atoms with Crippen LogP contribution in [0.3, 0.4) is 0 Å². The fourth-order valence-electron chi connectivity index (χ4n) is 2.03. The molecular formula is C12H16ClN3O. The number of nitrogens with zero attached hydrogens (tertiary/aromatic N) is 2. The summed E-state index contributed by atoms with van der Waals surface area (Å²) in [5, 5.41) is 12.5. The van der Waals surface area contributed by atoms with Crippen LogP contribution in [0, 0.1) is 0 Å². The Labute approximate surface area is 106 Å². The minimum absolute atomic E-state index is 0.0987. The first-order valence-corrected chi connectivity index (χ1v) is 6.09. The smallest absolute Gasteiger partial charge is 0.172 e. The Bertz CT molecular complexity index is 443. The zero-order valence-corrected chi connectivity index (χ0v) is 10.5. The van der Waals surface area contributed by atoms with Crippen LogP contribution in [-0.4, -0.2) is 23.6 Å². The molecule has 0 atom stereocenters. The lowest BCUT2D eigenvalue weighted by Crippen LogP contribution is -2.28. The molecule has 17 heavy (non-hydrogen) atoms. The van der Waals surface area contributed by atoms with Gasteiger partial charge in [-0.3, -0.25) is 0 Å². The van der Waals surface area contributed by atoms with Crippen molar-refractivity contribution in [3.8, 4) is 0 Å². The molecule has 1 aliphatic rings. The molecule has 0 spiro atoms. The van der Waals surface area contributed by atoms with Gasteiger partial charge in [0.25, 0.3) is 0 Å². The van der Waals surface area contributed by atoms with Crippen molar-refractivity contribution in [2.75, 3.05) is 11.4 Å². The van der Waals surface area contributed by atoms with E-state index in [-0.39, 0.29) is 5.84 Å². The van der Waals surface area contributed by atoms with E-state index in [0.29, 0.717) is 16.6 Å². The van der Waals surface area contributed by atoms with Gasteiger partial charge in [-0.1, -0.05) is 16.8 Å². The number of amidine groups is 1. The second-order valence-corrected chi connectivity index (χ2v) is 4.60. The number of rotatable bonds is 4. The standard InChI is InChI=1S/C12H16ClN3O/c1-2-16(9-4-5-9)11-6-3-8(13)7-10(11)12(14)15-17/h3,6-7,9,17H,2,4-5H2,1H3,(H2,14,15). The van der Waals surface area contributed by atoms with Crippen molar-refractivity contribution < 1.29 is 5.21 Å². The van der Waals surface area contributed by atoms with E-state index in [1.165, 1.54) is 12.8 Å². The lowest BCUT2D eigenvalue weighted by Gasteiger charge is -2.25. The van der Waals surface area contributed by atoms with E-state index in [9.17, 15) is 0 Å². The Balaban J connectivity index is 2.44. The Morgan fingerprint density at radius 3 is 2.82 bits per heavy atom. The van der Waals surface area contributed by atoms with E-state index < -0.39 is 0 Å². The summed E-state index contributed by atoms with van der Waals surface area (Å²) in [4.78, 5) is 2.27. The molecular weight excluding hydrogens is 238 g/mol. The molecule has 0 amide bonds. The number of hydrogen-bond donors (Lipinski definition) is 2. The molecule has 1 aliphatic carbocycles. The van der Waals surface area contributed by atoms with Crippen LogP contribution in [0.15, 0.2) is 23.4 Å². The Morgan fingerprint density at radius 2 is 2.29 bits per heavy atom. The lowest BCUT2D eigenvalue weighted by atomic mass is 10.1. The predicted molar refractivity (Wildman–Crippen MR) is 70.0 cm³/mol. The van der Waals surface area contributed by atoms with Gasteiger partial charge in [0.1, 0.15) is 0 Å². The first-order chi connectivity index (χ1) is 8.17. The molecule has 92 valence electrons. The summed E-state index contributed by atoms with van der Waals surface area (Å²) in [6.45, 7) is 3.00. The average Bonchev–Trinajstić information content (AvgIpc) is 3.15. The van der Waals surface area contributed by atoms with Gasteiger partial charge in [-0.2, -0.15) is 0 Å². The number of oxime groups is 1. The maximum absolute atomic E-state index is 8.81. The highest BCUT2D eigenvalue weighted by Gasteiger charge is 2.29. The number of benzene rings is 1. The van der Waals surface area contributed by atoms with Crippen LogP contribution >= 0.6 is 11.6 Å². The van der Waals surface area contributed by atoms with Crippen molar-refractivity contribution in [1.82, 2.24) is 0 Å². The van der Waals surface area contributed by atoms with Gasteiger partial charge < -0.3 is 15.8 Å². The molecule has 0 aromatic heterocycles. The summed E-state index contributed by atoms with van der Waals surface area (Å²) in [7, 11) is 0. The number of hydrogen-bond acceptors (Lipinski definition) is 3. The molecule has 1 aromatic rings. The van der Waals surface area contributed by atoms with Crippen LogP contribution in [0.25, 0.3) is 0 Å². The SMILES string of the molecule is CCN(c1ccc(Cl)cc1C(N)=NO)C1CC1. The summed E-state index contributed by atoms with van der Waals surface area (Å²) in [5.41, 5.74) is 7.36. The van der Waals surface area contributed by atoms with Crippen LogP contribution in [0.4, 0.5) is 5.69 Å². The second kappa shape index (κ2) is 4.84. The molecule has 0 aliphatic heterocycles. The van der Waals surface area contributed by atoms with Crippen LogP contribution in [0.5, 0.6) is 0 Å². The summed E-state index contributed by atoms with van der Waals surface area (Å²) in [5.74, 6) is 0.0987. The van der Waals surface area contributed by atoms with E-state index in [2.05, 4.69) is 17.0 Å². The molecule has 0 radical (unpaired) electrons. The highest BCUT2D eigenvalue weighted by atomic mass is 35.5. The largest absolute Gasteiger partial charge is 0.409 e. The molecule has 5 heteroatoms. The monoisotopic (exact) mass is 253 g/mol. The van der Waals surface area contributed by atoms with Crippen molar-refractivity contribution in [3.05, 3.63) is 28.8 Å². The Kier molecular flexibility index (Phi) is 3.43. The maximum atomic E-state index is 8.81. The minimum atomic E-state index is 0.0987. The van der Waals surface area contributed by atoms with Gasteiger partial charge in [0.05, 0.1) is 0 Å². The third-order valence-electron chi connectivity index (χ3n) is 2.98. The van der Waals surface area contributed by atoms with E-state index in [0.717, 1.165) is 12.2 Å². The highest BCUT2D eigenvalue weighted by molar-refractivity contribution is 6.31. The Hall–Kier alpha value is -1.42. The molecule has 1 fully saturated rings. The molecule has 1 saturated carbocycles. The highest BCUT2D eigenvalue weighted by Crippen LogP contribution is 2.34. The van der Waals surface area contributed by atoms with Gasteiger partial charge in [-0.15, -0.1) is 0 Å². The molecule has 0 heterocycles. The fourth-order valence-corrected chi connectivity index (χ4v) is 2.20.